The Morgan fingerprint density at radius 2 is 2.40 bits per heavy atom. The summed E-state index contributed by atoms with van der Waals surface area (Å²) in [6, 6.07) is -0.547. The van der Waals surface area contributed by atoms with E-state index in [0.717, 1.165) is 12.5 Å². The molecule has 3 heteroatoms. The Balaban J connectivity index is 2.20. The lowest BCUT2D eigenvalue weighted by Gasteiger charge is -2.13. The second-order valence-electron chi connectivity index (χ2n) is 4.54. The van der Waals surface area contributed by atoms with E-state index in [9.17, 15) is 4.79 Å². The summed E-state index contributed by atoms with van der Waals surface area (Å²) < 4.78 is 0. The first-order chi connectivity index (χ1) is 7.13. The summed E-state index contributed by atoms with van der Waals surface area (Å²) in [5.74, 6) is 3.70. The summed E-state index contributed by atoms with van der Waals surface area (Å²) in [4.78, 5) is 11.4. The molecule has 15 heavy (non-hydrogen) atoms. The molecule has 1 aliphatic carbocycles. The van der Waals surface area contributed by atoms with Gasteiger partial charge in [0.15, 0.2) is 0 Å². The molecule has 1 rings (SSSR count). The van der Waals surface area contributed by atoms with Gasteiger partial charge in [-0.15, -0.1) is 12.3 Å². The van der Waals surface area contributed by atoms with Crippen LogP contribution < -0.4 is 11.1 Å². The predicted molar refractivity (Wildman–Crippen MR) is 60.9 cm³/mol. The normalized spacial score (nSPS) is 27.0. The minimum atomic E-state index is -0.547. The van der Waals surface area contributed by atoms with Crippen molar-refractivity contribution in [2.45, 2.75) is 38.6 Å². The van der Waals surface area contributed by atoms with Gasteiger partial charge in [-0.3, -0.25) is 4.79 Å². The van der Waals surface area contributed by atoms with E-state index in [2.05, 4.69) is 18.2 Å². The van der Waals surface area contributed by atoms with Crippen molar-refractivity contribution in [3.05, 3.63) is 0 Å². The summed E-state index contributed by atoms with van der Waals surface area (Å²) in [6.07, 6.45) is 9.11. The van der Waals surface area contributed by atoms with E-state index in [4.69, 9.17) is 12.2 Å². The van der Waals surface area contributed by atoms with Gasteiger partial charge in [0, 0.05) is 13.0 Å². The third-order valence-electron chi connectivity index (χ3n) is 3.04. The smallest absolute Gasteiger partial charge is 0.237 e. The third-order valence-corrected chi connectivity index (χ3v) is 3.04. The van der Waals surface area contributed by atoms with Crippen molar-refractivity contribution >= 4 is 5.91 Å². The molecule has 0 radical (unpaired) electrons. The van der Waals surface area contributed by atoms with Crippen LogP contribution in [0.1, 0.15) is 32.6 Å². The van der Waals surface area contributed by atoms with Gasteiger partial charge in [0.05, 0.1) is 6.04 Å². The van der Waals surface area contributed by atoms with Crippen LogP contribution in [0.25, 0.3) is 0 Å². The molecule has 1 fully saturated rings. The maximum Gasteiger partial charge on any atom is 0.237 e. The Morgan fingerprint density at radius 3 is 2.93 bits per heavy atom. The monoisotopic (exact) mass is 208 g/mol. The number of hydrogen-bond donors (Lipinski definition) is 2. The van der Waals surface area contributed by atoms with Gasteiger partial charge in [-0.1, -0.05) is 13.3 Å². The molecule has 3 nitrogen and oxygen atoms in total. The summed E-state index contributed by atoms with van der Waals surface area (Å²) in [5, 5.41) is 2.87. The first-order valence-corrected chi connectivity index (χ1v) is 5.60. The highest BCUT2D eigenvalue weighted by Crippen LogP contribution is 2.29. The van der Waals surface area contributed by atoms with Crippen molar-refractivity contribution in [1.29, 1.82) is 0 Å². The van der Waals surface area contributed by atoms with Gasteiger partial charge in [0.1, 0.15) is 0 Å². The maximum absolute atomic E-state index is 11.4. The minimum absolute atomic E-state index is 0.118. The Kier molecular flexibility index (Phi) is 4.64. The molecule has 0 bridgehead atoms. The number of carbonyl (C=O) groups excluding carboxylic acids is 1. The average molecular weight is 208 g/mol. The van der Waals surface area contributed by atoms with E-state index in [1.807, 2.05) is 0 Å². The van der Waals surface area contributed by atoms with Crippen molar-refractivity contribution < 1.29 is 4.79 Å². The van der Waals surface area contributed by atoms with Gasteiger partial charge in [-0.2, -0.15) is 0 Å². The summed E-state index contributed by atoms with van der Waals surface area (Å²) in [5.41, 5.74) is 5.59. The van der Waals surface area contributed by atoms with Crippen LogP contribution in [0.3, 0.4) is 0 Å². The Morgan fingerprint density at radius 1 is 1.67 bits per heavy atom. The third kappa shape index (κ3) is 3.93. The van der Waals surface area contributed by atoms with Crippen LogP contribution in [0.15, 0.2) is 0 Å². The number of carbonyl (C=O) groups is 1. The zero-order valence-corrected chi connectivity index (χ0v) is 9.33. The summed E-state index contributed by atoms with van der Waals surface area (Å²) >= 11 is 0. The lowest BCUT2D eigenvalue weighted by Crippen LogP contribution is -2.41. The quantitative estimate of drug-likeness (QED) is 0.674. The van der Waals surface area contributed by atoms with Crippen molar-refractivity contribution in [2.24, 2.45) is 17.6 Å². The molecule has 0 saturated heterocycles. The molecule has 0 aromatic heterocycles. The van der Waals surface area contributed by atoms with Crippen LogP contribution in [0.5, 0.6) is 0 Å². The van der Waals surface area contributed by atoms with Gasteiger partial charge in [-0.25, -0.2) is 0 Å². The average Bonchev–Trinajstić information content (AvgIpc) is 2.61. The fraction of sp³-hybridized carbons (Fsp3) is 0.750. The first kappa shape index (κ1) is 12.1. The van der Waals surface area contributed by atoms with Crippen LogP contribution in [0, 0.1) is 24.2 Å². The number of amides is 1. The highest BCUT2D eigenvalue weighted by Gasteiger charge is 2.22. The van der Waals surface area contributed by atoms with E-state index in [1.54, 1.807) is 0 Å². The largest absolute Gasteiger partial charge is 0.354 e. The topological polar surface area (TPSA) is 55.1 Å². The van der Waals surface area contributed by atoms with Crippen LogP contribution in [-0.4, -0.2) is 18.5 Å². The lowest BCUT2D eigenvalue weighted by atomic mass is 10.1. The van der Waals surface area contributed by atoms with Crippen molar-refractivity contribution in [2.75, 3.05) is 6.54 Å². The van der Waals surface area contributed by atoms with Gasteiger partial charge < -0.3 is 11.1 Å². The molecular formula is C12H20N2O. The molecule has 0 spiro atoms. The van der Waals surface area contributed by atoms with Gasteiger partial charge in [0.2, 0.25) is 5.91 Å². The molecule has 3 N–H and O–H groups in total. The summed E-state index contributed by atoms with van der Waals surface area (Å²) in [7, 11) is 0. The maximum atomic E-state index is 11.4. The number of nitrogens with two attached hydrogens (primary N) is 1. The van der Waals surface area contributed by atoms with Crippen LogP contribution in [-0.2, 0) is 4.79 Å². The number of terminal acetylenes is 1. The van der Waals surface area contributed by atoms with Gasteiger partial charge >= 0.3 is 0 Å². The summed E-state index contributed by atoms with van der Waals surface area (Å²) in [6.45, 7) is 3.01. The lowest BCUT2D eigenvalue weighted by molar-refractivity contribution is -0.122. The Hall–Kier alpha value is -1.01. The van der Waals surface area contributed by atoms with Crippen LogP contribution in [0.2, 0.25) is 0 Å². The Bertz CT molecular complexity index is 257. The fourth-order valence-electron chi connectivity index (χ4n) is 2.11. The van der Waals surface area contributed by atoms with Gasteiger partial charge in [0.25, 0.3) is 0 Å². The van der Waals surface area contributed by atoms with Crippen molar-refractivity contribution in [3.8, 4) is 12.3 Å². The molecule has 1 aliphatic rings. The number of hydrogen-bond acceptors (Lipinski definition) is 2. The SMILES string of the molecule is C#CCC(N)C(=O)NCC1CCC(C)C1. The zero-order chi connectivity index (χ0) is 11.3. The molecule has 0 heterocycles. The Labute approximate surface area is 91.8 Å². The molecule has 1 saturated carbocycles. The van der Waals surface area contributed by atoms with E-state index < -0.39 is 6.04 Å². The molecule has 0 aromatic rings. The molecular weight excluding hydrogens is 188 g/mol. The molecule has 84 valence electrons. The highest BCUT2D eigenvalue weighted by molar-refractivity contribution is 5.81. The van der Waals surface area contributed by atoms with Crippen molar-refractivity contribution in [1.82, 2.24) is 5.32 Å². The highest BCUT2D eigenvalue weighted by atomic mass is 16.2. The molecule has 3 atom stereocenters. The standard InChI is InChI=1S/C12H20N2O/c1-3-4-11(13)12(15)14-8-10-6-5-9(2)7-10/h1,9-11H,4-8,13H2,2H3,(H,14,15). The molecule has 0 aliphatic heterocycles. The van der Waals surface area contributed by atoms with E-state index in [1.165, 1.54) is 19.3 Å². The zero-order valence-electron chi connectivity index (χ0n) is 9.33. The van der Waals surface area contributed by atoms with E-state index >= 15 is 0 Å². The second-order valence-corrected chi connectivity index (χ2v) is 4.54. The second kappa shape index (κ2) is 5.77. The van der Waals surface area contributed by atoms with Gasteiger partial charge in [-0.05, 0) is 24.7 Å². The number of rotatable bonds is 4. The molecule has 3 unspecified atom stereocenters. The predicted octanol–water partition coefficient (Wildman–Crippen LogP) is 0.889. The molecule has 0 aromatic carbocycles. The van der Waals surface area contributed by atoms with E-state index in [0.29, 0.717) is 12.3 Å². The van der Waals surface area contributed by atoms with E-state index in [-0.39, 0.29) is 5.91 Å². The number of nitrogens with one attached hydrogen (secondary N) is 1. The minimum Gasteiger partial charge on any atom is -0.354 e. The fourth-order valence-corrected chi connectivity index (χ4v) is 2.11. The van der Waals surface area contributed by atoms with Crippen LogP contribution >= 0.6 is 0 Å². The first-order valence-electron chi connectivity index (χ1n) is 5.60. The molecule has 1 amide bonds. The van der Waals surface area contributed by atoms with Crippen molar-refractivity contribution in [3.63, 3.8) is 0 Å². The van der Waals surface area contributed by atoms with Crippen LogP contribution in [0.4, 0.5) is 0 Å².